The second kappa shape index (κ2) is 2.09. The maximum atomic E-state index is 12.0. The van der Waals surface area contributed by atoms with Crippen molar-refractivity contribution in [3.05, 3.63) is 11.5 Å². The number of thiazole rings is 1. The van der Waals surface area contributed by atoms with E-state index >= 15 is 0 Å². The van der Waals surface area contributed by atoms with Crippen molar-refractivity contribution in [2.75, 3.05) is 7.05 Å². The average Bonchev–Trinajstić information content (AvgIpc) is 2.14. The minimum Gasteiger partial charge on any atom is -0.276 e. The fourth-order valence-electron chi connectivity index (χ4n) is 0.348. The molecule has 0 N–H and O–H groups in total. The van der Waals surface area contributed by atoms with Gasteiger partial charge in [0.05, 0.1) is 6.20 Å². The number of nitrogens with zero attached hydrogens (tertiary/aromatic N) is 2. The monoisotopic (exact) mass is 131 g/mol. The van der Waals surface area contributed by atoms with Crippen molar-refractivity contribution in [2.45, 2.75) is 0 Å². The summed E-state index contributed by atoms with van der Waals surface area (Å²) in [6.45, 7) is 0. The zero-order valence-corrected chi connectivity index (χ0v) is 5.07. The Hall–Kier alpha value is -0.640. The third-order valence-corrected chi connectivity index (χ3v) is 1.46. The van der Waals surface area contributed by atoms with Crippen LogP contribution in [-0.2, 0) is 0 Å². The molecule has 0 aliphatic rings. The molecule has 1 rings (SSSR count). The standard InChI is InChI=1S/C4H4FN2S/c1-6-3-2-7-4(5)8-3/h2H,1H3. The lowest BCUT2D eigenvalue weighted by atomic mass is 10.8. The molecule has 2 nitrogen and oxygen atoms in total. The van der Waals surface area contributed by atoms with E-state index in [9.17, 15) is 4.39 Å². The minimum atomic E-state index is -0.425. The molecule has 0 aromatic carbocycles. The highest BCUT2D eigenvalue weighted by atomic mass is 32.1. The van der Waals surface area contributed by atoms with Gasteiger partial charge in [0, 0.05) is 7.05 Å². The summed E-state index contributed by atoms with van der Waals surface area (Å²) in [5, 5.41) is 3.91. The van der Waals surface area contributed by atoms with Crippen molar-refractivity contribution >= 4 is 16.3 Å². The zero-order chi connectivity index (χ0) is 5.98. The summed E-state index contributed by atoms with van der Waals surface area (Å²) in [7, 11) is 1.60. The fraction of sp³-hybridized carbons (Fsp3) is 0.250. The van der Waals surface area contributed by atoms with Gasteiger partial charge in [0.1, 0.15) is 5.00 Å². The van der Waals surface area contributed by atoms with E-state index in [0.29, 0.717) is 5.00 Å². The van der Waals surface area contributed by atoms with E-state index in [1.54, 1.807) is 7.05 Å². The van der Waals surface area contributed by atoms with Gasteiger partial charge in [-0.3, -0.25) is 5.32 Å². The number of rotatable bonds is 1. The van der Waals surface area contributed by atoms with Gasteiger partial charge >= 0.3 is 0 Å². The Balaban J connectivity index is 2.84. The van der Waals surface area contributed by atoms with Crippen molar-refractivity contribution in [1.82, 2.24) is 10.3 Å². The first-order valence-electron chi connectivity index (χ1n) is 2.04. The highest BCUT2D eigenvalue weighted by molar-refractivity contribution is 7.13. The van der Waals surface area contributed by atoms with Crippen LogP contribution in [0.15, 0.2) is 6.20 Å². The summed E-state index contributed by atoms with van der Waals surface area (Å²) in [5.41, 5.74) is 0. The summed E-state index contributed by atoms with van der Waals surface area (Å²) < 4.78 is 12.0. The Morgan fingerprint density at radius 3 is 2.88 bits per heavy atom. The maximum Gasteiger partial charge on any atom is 0.270 e. The first-order valence-corrected chi connectivity index (χ1v) is 2.86. The third kappa shape index (κ3) is 0.949. The molecule has 0 aliphatic carbocycles. The first-order chi connectivity index (χ1) is 3.83. The van der Waals surface area contributed by atoms with Crippen LogP contribution in [0.3, 0.4) is 0 Å². The molecule has 0 fully saturated rings. The van der Waals surface area contributed by atoms with Gasteiger partial charge in [-0.05, 0) is 0 Å². The third-order valence-electron chi connectivity index (χ3n) is 0.686. The molecular formula is C4H4FN2S. The second-order valence-corrected chi connectivity index (χ2v) is 2.13. The highest BCUT2D eigenvalue weighted by Gasteiger charge is 1.95. The summed E-state index contributed by atoms with van der Waals surface area (Å²) >= 11 is 0.943. The minimum absolute atomic E-state index is 0.425. The van der Waals surface area contributed by atoms with Crippen LogP contribution in [0.1, 0.15) is 0 Å². The van der Waals surface area contributed by atoms with Crippen LogP contribution in [-0.4, -0.2) is 12.0 Å². The predicted octanol–water partition coefficient (Wildman–Crippen LogP) is 1.15. The van der Waals surface area contributed by atoms with Crippen LogP contribution in [0.5, 0.6) is 0 Å². The molecule has 43 valence electrons. The fourth-order valence-corrected chi connectivity index (χ4v) is 0.823. The van der Waals surface area contributed by atoms with Gasteiger partial charge in [0.15, 0.2) is 0 Å². The number of hydrogen-bond donors (Lipinski definition) is 0. The SMILES string of the molecule is C[N]c1cnc(F)s1. The molecule has 0 unspecified atom stereocenters. The molecule has 0 spiro atoms. The van der Waals surface area contributed by atoms with Crippen LogP contribution in [0, 0.1) is 5.26 Å². The molecule has 0 bridgehead atoms. The normalized spacial score (nSPS) is 9.25. The van der Waals surface area contributed by atoms with Crippen LogP contribution in [0.25, 0.3) is 0 Å². The van der Waals surface area contributed by atoms with Gasteiger partial charge in [0.25, 0.3) is 5.26 Å². The Morgan fingerprint density at radius 1 is 1.88 bits per heavy atom. The molecular weight excluding hydrogens is 127 g/mol. The Kier molecular flexibility index (Phi) is 1.43. The molecule has 0 aliphatic heterocycles. The summed E-state index contributed by atoms with van der Waals surface area (Å²) in [6, 6.07) is 0. The molecule has 4 heteroatoms. The van der Waals surface area contributed by atoms with E-state index in [4.69, 9.17) is 0 Å². The van der Waals surface area contributed by atoms with E-state index in [1.807, 2.05) is 0 Å². The van der Waals surface area contributed by atoms with Gasteiger partial charge < -0.3 is 0 Å². The highest BCUT2D eigenvalue weighted by Crippen LogP contribution is 2.15. The van der Waals surface area contributed by atoms with E-state index in [-0.39, 0.29) is 0 Å². The van der Waals surface area contributed by atoms with Crippen molar-refractivity contribution < 1.29 is 4.39 Å². The Labute approximate surface area is 50.4 Å². The summed E-state index contributed by atoms with van der Waals surface area (Å²) in [6.07, 6.45) is 1.40. The lowest BCUT2D eigenvalue weighted by Crippen LogP contribution is -1.78. The number of hydrogen-bond acceptors (Lipinski definition) is 2. The quantitative estimate of drug-likeness (QED) is 0.561. The van der Waals surface area contributed by atoms with Crippen LogP contribution < -0.4 is 5.32 Å². The smallest absolute Gasteiger partial charge is 0.270 e. The Morgan fingerprint density at radius 2 is 2.62 bits per heavy atom. The van der Waals surface area contributed by atoms with Crippen LogP contribution in [0.4, 0.5) is 9.39 Å². The van der Waals surface area contributed by atoms with Gasteiger partial charge in [0.2, 0.25) is 0 Å². The zero-order valence-electron chi connectivity index (χ0n) is 4.26. The number of halogens is 1. The van der Waals surface area contributed by atoms with Gasteiger partial charge in [-0.25, -0.2) is 4.98 Å². The number of aromatic nitrogens is 1. The van der Waals surface area contributed by atoms with Crippen LogP contribution in [0.2, 0.25) is 0 Å². The predicted molar refractivity (Wildman–Crippen MR) is 29.8 cm³/mol. The largest absolute Gasteiger partial charge is 0.276 e. The van der Waals surface area contributed by atoms with Gasteiger partial charge in [-0.2, -0.15) is 4.39 Å². The molecule has 0 saturated heterocycles. The van der Waals surface area contributed by atoms with E-state index < -0.39 is 5.26 Å². The van der Waals surface area contributed by atoms with E-state index in [0.717, 1.165) is 11.3 Å². The molecule has 0 saturated carbocycles. The summed E-state index contributed by atoms with van der Waals surface area (Å²) in [4.78, 5) is 3.35. The molecule has 1 radical (unpaired) electrons. The molecule has 0 atom stereocenters. The van der Waals surface area contributed by atoms with Crippen molar-refractivity contribution in [1.29, 1.82) is 0 Å². The van der Waals surface area contributed by atoms with Crippen LogP contribution >= 0.6 is 11.3 Å². The Bertz CT molecular complexity index is 174. The lowest BCUT2D eigenvalue weighted by molar-refractivity contribution is 0.617. The average molecular weight is 131 g/mol. The molecule has 1 heterocycles. The molecule has 8 heavy (non-hydrogen) atoms. The molecule has 1 aromatic heterocycles. The summed E-state index contributed by atoms with van der Waals surface area (Å²) in [5.74, 6) is 0. The van der Waals surface area contributed by atoms with Crippen molar-refractivity contribution in [3.8, 4) is 0 Å². The van der Waals surface area contributed by atoms with E-state index in [1.165, 1.54) is 6.20 Å². The first kappa shape index (κ1) is 5.50. The van der Waals surface area contributed by atoms with Crippen molar-refractivity contribution in [3.63, 3.8) is 0 Å². The molecule has 1 aromatic rings. The lowest BCUT2D eigenvalue weighted by Gasteiger charge is -1.79. The van der Waals surface area contributed by atoms with E-state index in [2.05, 4.69) is 10.3 Å². The maximum absolute atomic E-state index is 12.0. The van der Waals surface area contributed by atoms with Gasteiger partial charge in [-0.15, -0.1) is 0 Å². The topological polar surface area (TPSA) is 27.0 Å². The second-order valence-electron chi connectivity index (χ2n) is 1.18. The van der Waals surface area contributed by atoms with Gasteiger partial charge in [-0.1, -0.05) is 11.3 Å². The molecule has 0 amide bonds. The van der Waals surface area contributed by atoms with Crippen molar-refractivity contribution in [2.24, 2.45) is 0 Å².